The molecule has 0 aliphatic carbocycles. The molecule has 8 nitrogen and oxygen atoms in total. The third-order valence-corrected chi connectivity index (χ3v) is 5.11. The molecule has 0 unspecified atom stereocenters. The Morgan fingerprint density at radius 1 is 1.34 bits per heavy atom. The zero-order chi connectivity index (χ0) is 21.0. The molecule has 0 radical (unpaired) electrons. The molecule has 29 heavy (non-hydrogen) atoms. The molecule has 3 aromatic rings. The van der Waals surface area contributed by atoms with Crippen molar-refractivity contribution in [2.75, 3.05) is 11.1 Å². The van der Waals surface area contributed by atoms with Crippen LogP contribution in [-0.4, -0.2) is 26.1 Å². The van der Waals surface area contributed by atoms with Gasteiger partial charge in [-0.1, -0.05) is 41.6 Å². The molecule has 0 saturated heterocycles. The molecule has 1 aromatic heterocycles. The Hall–Kier alpha value is -3.17. The number of carbonyl (C=O) groups excluding carboxylic acids is 1. The Morgan fingerprint density at radius 3 is 2.83 bits per heavy atom. The number of hydrogen-bond donors (Lipinski definition) is 1. The van der Waals surface area contributed by atoms with Crippen LogP contribution in [0.2, 0.25) is 5.02 Å². The van der Waals surface area contributed by atoms with E-state index in [1.54, 1.807) is 30.3 Å². The first-order valence-electron chi connectivity index (χ1n) is 8.37. The molecule has 0 aliphatic heterocycles. The molecule has 148 valence electrons. The van der Waals surface area contributed by atoms with Crippen LogP contribution in [0.25, 0.3) is 10.9 Å². The Morgan fingerprint density at radius 2 is 2.10 bits per heavy atom. The maximum Gasteiger partial charge on any atom is 0.292 e. The zero-order valence-corrected chi connectivity index (χ0v) is 16.6. The molecule has 0 atom stereocenters. The molecule has 1 amide bonds. The van der Waals surface area contributed by atoms with Crippen LogP contribution < -0.4 is 10.9 Å². The van der Waals surface area contributed by atoms with Crippen LogP contribution in [0.5, 0.6) is 0 Å². The molecule has 0 spiro atoms. The molecule has 1 N–H and O–H groups in total. The smallest absolute Gasteiger partial charge is 0.292 e. The quantitative estimate of drug-likeness (QED) is 0.200. The third kappa shape index (κ3) is 4.64. The van der Waals surface area contributed by atoms with Crippen LogP contribution in [0.3, 0.4) is 0 Å². The number of allylic oxidation sites excluding steroid dienone is 1. The van der Waals surface area contributed by atoms with Gasteiger partial charge in [0.2, 0.25) is 5.91 Å². The van der Waals surface area contributed by atoms with E-state index in [4.69, 9.17) is 11.6 Å². The lowest BCUT2D eigenvalue weighted by Gasteiger charge is -2.11. The van der Waals surface area contributed by atoms with E-state index in [1.807, 2.05) is 0 Å². The molecular weight excluding hydrogens is 416 g/mol. The fraction of sp³-hybridized carbons (Fsp3) is 0.105. The number of nitrogens with one attached hydrogen (secondary N) is 1. The van der Waals surface area contributed by atoms with Gasteiger partial charge >= 0.3 is 0 Å². The summed E-state index contributed by atoms with van der Waals surface area (Å²) < 4.78 is 1.43. The van der Waals surface area contributed by atoms with Crippen LogP contribution in [0, 0.1) is 10.1 Å². The molecule has 0 saturated carbocycles. The first-order valence-corrected chi connectivity index (χ1v) is 9.74. The molecule has 0 aliphatic rings. The highest BCUT2D eigenvalue weighted by molar-refractivity contribution is 7.99. The van der Waals surface area contributed by atoms with Crippen molar-refractivity contribution in [3.8, 4) is 0 Å². The number of rotatable bonds is 7. The fourth-order valence-electron chi connectivity index (χ4n) is 2.63. The topological polar surface area (TPSA) is 107 Å². The van der Waals surface area contributed by atoms with E-state index in [0.29, 0.717) is 16.1 Å². The summed E-state index contributed by atoms with van der Waals surface area (Å²) in [4.78, 5) is 40.0. The molecule has 2 aromatic carbocycles. The van der Waals surface area contributed by atoms with E-state index in [0.717, 1.165) is 11.8 Å². The van der Waals surface area contributed by atoms with Crippen LogP contribution in [0.15, 0.2) is 65.1 Å². The lowest BCUT2D eigenvalue weighted by Crippen LogP contribution is -2.23. The van der Waals surface area contributed by atoms with Crippen LogP contribution in [-0.2, 0) is 11.3 Å². The Bertz CT molecular complexity index is 1180. The minimum absolute atomic E-state index is 0.00283. The number of hydrogen-bond acceptors (Lipinski definition) is 6. The minimum Gasteiger partial charge on any atom is -0.320 e. The predicted molar refractivity (Wildman–Crippen MR) is 114 cm³/mol. The van der Waals surface area contributed by atoms with Gasteiger partial charge < -0.3 is 5.32 Å². The largest absolute Gasteiger partial charge is 0.320 e. The summed E-state index contributed by atoms with van der Waals surface area (Å²) in [6.45, 7) is 3.89. The highest BCUT2D eigenvalue weighted by atomic mass is 35.5. The normalized spacial score (nSPS) is 10.7. The summed E-state index contributed by atoms with van der Waals surface area (Å²) >= 11 is 6.92. The summed E-state index contributed by atoms with van der Waals surface area (Å²) in [5, 5.41) is 14.7. The maximum absolute atomic E-state index is 12.7. The molecule has 1 heterocycles. The third-order valence-electron chi connectivity index (χ3n) is 3.90. The van der Waals surface area contributed by atoms with Gasteiger partial charge in [-0.05, 0) is 24.3 Å². The van der Waals surface area contributed by atoms with Gasteiger partial charge in [0.1, 0.15) is 5.69 Å². The van der Waals surface area contributed by atoms with Gasteiger partial charge in [-0.15, -0.1) is 6.58 Å². The Labute approximate surface area is 174 Å². The summed E-state index contributed by atoms with van der Waals surface area (Å²) in [6, 6.07) is 10.8. The highest BCUT2D eigenvalue weighted by Gasteiger charge is 2.17. The maximum atomic E-state index is 12.7. The second-order valence-corrected chi connectivity index (χ2v) is 7.25. The van der Waals surface area contributed by atoms with Crippen LogP contribution >= 0.6 is 23.4 Å². The predicted octanol–water partition coefficient (Wildman–Crippen LogP) is 3.87. The second kappa shape index (κ2) is 8.89. The van der Waals surface area contributed by atoms with Crippen LogP contribution in [0.4, 0.5) is 11.4 Å². The van der Waals surface area contributed by atoms with Crippen molar-refractivity contribution < 1.29 is 9.72 Å². The molecular formula is C19H15ClN4O4S. The lowest BCUT2D eigenvalue weighted by atomic mass is 10.2. The minimum atomic E-state index is -0.605. The lowest BCUT2D eigenvalue weighted by molar-refractivity contribution is -0.383. The zero-order valence-electron chi connectivity index (χ0n) is 15.0. The van der Waals surface area contributed by atoms with Crippen LogP contribution in [0.1, 0.15) is 0 Å². The summed E-state index contributed by atoms with van der Waals surface area (Å²) in [6.07, 6.45) is 1.57. The van der Waals surface area contributed by atoms with Crippen molar-refractivity contribution in [3.63, 3.8) is 0 Å². The van der Waals surface area contributed by atoms with Crippen molar-refractivity contribution in [1.29, 1.82) is 0 Å². The number of halogens is 1. The van der Waals surface area contributed by atoms with Crippen molar-refractivity contribution >= 4 is 51.5 Å². The molecule has 10 heteroatoms. The summed E-state index contributed by atoms with van der Waals surface area (Å²) in [5.74, 6) is -0.598. The number of fused-ring (bicyclic) bond motifs is 1. The number of carbonyl (C=O) groups is 1. The number of nitro benzene ring substituents is 1. The highest BCUT2D eigenvalue weighted by Crippen LogP contribution is 2.28. The Kier molecular flexibility index (Phi) is 6.30. The molecule has 0 bridgehead atoms. The van der Waals surface area contributed by atoms with Gasteiger partial charge in [0.25, 0.3) is 11.2 Å². The van der Waals surface area contributed by atoms with Gasteiger partial charge in [0.15, 0.2) is 5.16 Å². The number of para-hydroxylation sites is 1. The van der Waals surface area contributed by atoms with Gasteiger partial charge in [-0.2, -0.15) is 0 Å². The number of aromatic nitrogens is 2. The van der Waals surface area contributed by atoms with E-state index in [9.17, 15) is 19.7 Å². The van der Waals surface area contributed by atoms with E-state index in [2.05, 4.69) is 16.9 Å². The second-order valence-electron chi connectivity index (χ2n) is 5.87. The van der Waals surface area contributed by atoms with Gasteiger partial charge in [0.05, 0.1) is 21.6 Å². The standard InChI is InChI=1S/C19H15ClN4O4S/c1-2-9-23-18(26)13-5-3-4-6-14(13)22-19(23)29-11-17(25)21-15-10-12(20)7-8-16(15)24(27)28/h2-8,10H,1,9,11H2,(H,21,25). The average Bonchev–Trinajstić information content (AvgIpc) is 2.68. The van der Waals surface area contributed by atoms with Gasteiger partial charge in [-0.3, -0.25) is 24.3 Å². The van der Waals surface area contributed by atoms with Crippen molar-refractivity contribution in [2.45, 2.75) is 11.7 Å². The van der Waals surface area contributed by atoms with Crippen molar-refractivity contribution in [1.82, 2.24) is 9.55 Å². The number of anilines is 1. The van der Waals surface area contributed by atoms with E-state index in [1.165, 1.54) is 22.8 Å². The van der Waals surface area contributed by atoms with E-state index < -0.39 is 10.8 Å². The number of nitro groups is 1. The number of nitrogens with zero attached hydrogens (tertiary/aromatic N) is 3. The monoisotopic (exact) mass is 430 g/mol. The summed E-state index contributed by atoms with van der Waals surface area (Å²) in [5.41, 5.74) is 0.0262. The number of thioether (sulfide) groups is 1. The average molecular weight is 431 g/mol. The van der Waals surface area contributed by atoms with Gasteiger partial charge in [0, 0.05) is 17.6 Å². The molecule has 0 fully saturated rings. The number of benzene rings is 2. The van der Waals surface area contributed by atoms with E-state index in [-0.39, 0.29) is 34.3 Å². The first kappa shape index (κ1) is 20.6. The van der Waals surface area contributed by atoms with E-state index >= 15 is 0 Å². The fourth-order valence-corrected chi connectivity index (χ4v) is 3.61. The number of amides is 1. The molecule has 3 rings (SSSR count). The summed E-state index contributed by atoms with van der Waals surface area (Å²) in [7, 11) is 0. The SMILES string of the molecule is C=CCn1c(SCC(=O)Nc2cc(Cl)ccc2[N+](=O)[O-])nc2ccccc2c1=O. The Balaban J connectivity index is 1.84. The van der Waals surface area contributed by atoms with Gasteiger partial charge in [-0.25, -0.2) is 4.98 Å². The van der Waals surface area contributed by atoms with Crippen molar-refractivity contribution in [3.05, 3.63) is 80.6 Å². The first-order chi connectivity index (χ1) is 13.9. The van der Waals surface area contributed by atoms with Crippen molar-refractivity contribution in [2.24, 2.45) is 0 Å².